The number of halogens is 3. The molecule has 0 saturated heterocycles. The number of nitriles is 2. The van der Waals surface area contributed by atoms with Gasteiger partial charge in [0.2, 0.25) is 22.7 Å². The van der Waals surface area contributed by atoms with Gasteiger partial charge >= 0.3 is 28.9 Å². The van der Waals surface area contributed by atoms with Gasteiger partial charge in [-0.15, -0.1) is 0 Å². The summed E-state index contributed by atoms with van der Waals surface area (Å²) >= 11 is 0. The average Bonchev–Trinajstić information content (AvgIpc) is 3.72. The molecule has 84 heavy (non-hydrogen) atoms. The minimum absolute atomic E-state index is 0.171. The van der Waals surface area contributed by atoms with Gasteiger partial charge in [-0.25, -0.2) is 9.69 Å². The molecule has 9 aromatic carbocycles. The maximum atomic E-state index is 13.1. The Bertz CT molecular complexity index is 3790. The second kappa shape index (κ2) is 27.1. The molecule has 0 unspecified atom stereocenters. The van der Waals surface area contributed by atoms with E-state index in [0.717, 1.165) is 23.5 Å². The molecular weight excluding hydrogens is 1090 g/mol. The number of nitro groups is 4. The van der Waals surface area contributed by atoms with Crippen LogP contribution in [0.3, 0.4) is 0 Å². The molecule has 0 saturated carbocycles. The first-order valence-electron chi connectivity index (χ1n) is 24.2. The molecule has 0 aliphatic carbocycles. The Hall–Kier alpha value is -12.9. The fourth-order valence-corrected chi connectivity index (χ4v) is 7.86. The largest absolute Gasteiger partial charge is 0.416 e. The van der Waals surface area contributed by atoms with Crippen LogP contribution < -0.4 is 31.3 Å². The molecule has 0 bridgehead atoms. The molecule has 0 heterocycles. The maximum Gasteiger partial charge on any atom is 0.416 e. The number of anilines is 9. The average molecular weight is 1130 g/mol. The molecule has 22 nitrogen and oxygen atoms in total. The summed E-state index contributed by atoms with van der Waals surface area (Å²) in [4.78, 5) is 49.3. The summed E-state index contributed by atoms with van der Waals surface area (Å²) in [5, 5.41) is 68.8. The van der Waals surface area contributed by atoms with E-state index in [-0.39, 0.29) is 34.8 Å². The number of alkyl halides is 3. The minimum atomic E-state index is -4.99. The fraction of sp³-hybridized carbons (Fsp3) is 0.0169. The van der Waals surface area contributed by atoms with Crippen LogP contribution in [0.5, 0.6) is 0 Å². The number of hydrogen-bond acceptors (Lipinski definition) is 16. The lowest BCUT2D eigenvalue weighted by Crippen LogP contribution is -2.25. The highest BCUT2D eigenvalue weighted by Crippen LogP contribution is 2.44. The number of hydrogen-bond donors (Lipinski definition) is 3. The monoisotopic (exact) mass is 1130 g/mol. The Kier molecular flexibility index (Phi) is 19.0. The lowest BCUT2D eigenvalue weighted by atomic mass is 10.1. The first-order valence-corrected chi connectivity index (χ1v) is 24.2. The van der Waals surface area contributed by atoms with Crippen molar-refractivity contribution >= 4 is 85.3 Å². The molecule has 414 valence electrons. The first-order chi connectivity index (χ1) is 40.4. The number of para-hydroxylation sites is 6. The molecule has 0 aliphatic heterocycles. The van der Waals surface area contributed by atoms with Gasteiger partial charge in [0.15, 0.2) is 0 Å². The maximum absolute atomic E-state index is 13.1. The number of benzene rings is 9. The van der Waals surface area contributed by atoms with Gasteiger partial charge in [-0.05, 0) is 84.9 Å². The summed E-state index contributed by atoms with van der Waals surface area (Å²) in [7, 11) is 0. The quantitative estimate of drug-likeness (QED) is 0.0461. The molecule has 0 fully saturated rings. The summed E-state index contributed by atoms with van der Waals surface area (Å²) in [5.41, 5.74) is 7.60. The highest BCUT2D eigenvalue weighted by atomic mass is 19.4. The van der Waals surface area contributed by atoms with Crippen LogP contribution in [0, 0.1) is 76.3 Å². The molecule has 9 rings (SSSR count). The van der Waals surface area contributed by atoms with E-state index in [0.29, 0.717) is 34.0 Å². The zero-order valence-electron chi connectivity index (χ0n) is 43.1. The van der Waals surface area contributed by atoms with Crippen molar-refractivity contribution in [2.24, 2.45) is 0 Å². The van der Waals surface area contributed by atoms with E-state index in [1.54, 1.807) is 127 Å². The molecule has 9 aromatic rings. The van der Waals surface area contributed by atoms with Crippen LogP contribution in [0.25, 0.3) is 9.69 Å². The highest BCUT2D eigenvalue weighted by Gasteiger charge is 2.38. The molecule has 0 atom stereocenters. The molecule has 0 radical (unpaired) electrons. The van der Waals surface area contributed by atoms with Gasteiger partial charge < -0.3 is 5.43 Å². The van der Waals surface area contributed by atoms with Gasteiger partial charge in [-0.3, -0.25) is 66.3 Å². The summed E-state index contributed by atoms with van der Waals surface area (Å²) < 4.78 is 39.4. The lowest BCUT2D eigenvalue weighted by molar-refractivity contribution is -0.392. The van der Waals surface area contributed by atoms with Crippen LogP contribution >= 0.6 is 0 Å². The van der Waals surface area contributed by atoms with Gasteiger partial charge in [0.05, 0.1) is 95.9 Å². The van der Waals surface area contributed by atoms with Crippen LogP contribution in [-0.2, 0) is 6.18 Å². The van der Waals surface area contributed by atoms with Crippen molar-refractivity contribution in [3.05, 3.63) is 298 Å². The first kappa shape index (κ1) is 58.8. The Morgan fingerprint density at radius 1 is 0.393 bits per heavy atom. The predicted molar refractivity (Wildman–Crippen MR) is 309 cm³/mol. The number of nitrogens with zero attached hydrogens (tertiary/aromatic N) is 11. The van der Waals surface area contributed by atoms with E-state index in [1.807, 2.05) is 71.7 Å². The van der Waals surface area contributed by atoms with Gasteiger partial charge in [0.25, 0.3) is 0 Å². The Labute approximate surface area is 475 Å². The number of nitro benzene ring substituents is 4. The summed E-state index contributed by atoms with van der Waals surface area (Å²) in [6.07, 6.45) is -4.99. The van der Waals surface area contributed by atoms with Gasteiger partial charge in [0.1, 0.15) is 0 Å². The summed E-state index contributed by atoms with van der Waals surface area (Å²) in [6, 6.07) is 62.8. The van der Waals surface area contributed by atoms with E-state index in [1.165, 1.54) is 22.2 Å². The van der Waals surface area contributed by atoms with Crippen molar-refractivity contribution in [3.63, 3.8) is 0 Å². The molecular formula is C59H39F3N14O8. The van der Waals surface area contributed by atoms with Crippen molar-refractivity contribution in [3.8, 4) is 12.1 Å². The lowest BCUT2D eigenvalue weighted by Gasteiger charge is -2.28. The van der Waals surface area contributed by atoms with Crippen LogP contribution in [0.15, 0.2) is 218 Å². The molecule has 3 N–H and O–H groups in total. The van der Waals surface area contributed by atoms with E-state index >= 15 is 0 Å². The van der Waals surface area contributed by atoms with Crippen LogP contribution in [0.2, 0.25) is 0 Å². The van der Waals surface area contributed by atoms with Crippen LogP contribution in [-0.4, -0.2) is 19.7 Å². The van der Waals surface area contributed by atoms with Crippen LogP contribution in [0.4, 0.5) is 98.5 Å². The van der Waals surface area contributed by atoms with E-state index in [9.17, 15) is 53.6 Å². The van der Waals surface area contributed by atoms with Crippen molar-refractivity contribution in [1.29, 1.82) is 10.5 Å². The SMILES string of the molecule is N#Cc1cc([N+](=O)[O-])c(NN(c2ccccc2)c2ccccc2)c([N+](=O)[O-])c1.O=[N+]([O-])c1cc(C(F)(F)F)cc([N+](=O)[O-])c1NN(c1ccccc1)c1ccccc1.[C-]#[N+]c1cc(C#N)cc([N+]#[C-])c1NN(c1ccccc1)c1ccccc1. The standard InChI is InChI=1S/C21H13N5.C19H13F3N4O4.C19H13N5O4/c1-23-19-13-16(15-22)14-20(24-2)21(19)25-26(17-9-5-3-6-10-17)18-11-7-4-8-12-18;20-19(21,22)13-11-16(25(27)28)18(17(12-13)26(29)30)23-24(14-7-3-1-4-8-14)15-9-5-2-6-10-15;20-13-14-11-17(23(25)26)19(18(12-14)24(27)28)21-22(15-7-3-1-4-8-15)16-9-5-2-6-10-16/h3-14,25H;1-12,23H;1-12,21H. The van der Waals surface area contributed by atoms with Crippen molar-refractivity contribution < 1.29 is 32.9 Å². The molecule has 0 aliphatic rings. The highest BCUT2D eigenvalue weighted by molar-refractivity contribution is 5.88. The third kappa shape index (κ3) is 14.4. The topological polar surface area (TPSA) is 275 Å². The fourth-order valence-electron chi connectivity index (χ4n) is 7.86. The second-order valence-corrected chi connectivity index (χ2v) is 17.0. The van der Waals surface area contributed by atoms with Crippen molar-refractivity contribution in [2.75, 3.05) is 31.3 Å². The third-order valence-electron chi connectivity index (χ3n) is 11.7. The Balaban J connectivity index is 0.000000181. The zero-order valence-corrected chi connectivity index (χ0v) is 43.1. The van der Waals surface area contributed by atoms with Crippen molar-refractivity contribution in [2.45, 2.75) is 6.18 Å². The normalized spacial score (nSPS) is 10.2. The van der Waals surface area contributed by atoms with E-state index < -0.39 is 59.9 Å². The second-order valence-electron chi connectivity index (χ2n) is 17.0. The summed E-state index contributed by atoms with van der Waals surface area (Å²) in [6.45, 7) is 14.9. The smallest absolute Gasteiger partial charge is 0.315 e. The Morgan fingerprint density at radius 2 is 0.619 bits per heavy atom. The summed E-state index contributed by atoms with van der Waals surface area (Å²) in [5.74, 6) is 0. The molecule has 0 amide bonds. The minimum Gasteiger partial charge on any atom is -0.315 e. The molecule has 25 heteroatoms. The Morgan fingerprint density at radius 3 is 0.833 bits per heavy atom. The predicted octanol–water partition coefficient (Wildman–Crippen LogP) is 16.1. The van der Waals surface area contributed by atoms with E-state index in [4.69, 9.17) is 23.7 Å². The number of nitrogens with one attached hydrogen (secondary N) is 3. The number of hydrazine groups is 3. The third-order valence-corrected chi connectivity index (χ3v) is 11.7. The van der Waals surface area contributed by atoms with Crippen LogP contribution in [0.1, 0.15) is 16.7 Å². The van der Waals surface area contributed by atoms with Gasteiger partial charge in [-0.1, -0.05) is 109 Å². The van der Waals surface area contributed by atoms with E-state index in [2.05, 4.69) is 26.0 Å². The van der Waals surface area contributed by atoms with Gasteiger partial charge in [0, 0.05) is 29.8 Å². The zero-order chi connectivity index (χ0) is 60.3. The molecule has 0 spiro atoms. The molecule has 0 aromatic heterocycles. The van der Waals surface area contributed by atoms with Gasteiger partial charge in [-0.2, -0.15) is 23.7 Å². The van der Waals surface area contributed by atoms with Crippen molar-refractivity contribution in [1.82, 2.24) is 0 Å². The number of rotatable bonds is 16.